The molecule has 0 aliphatic rings. The second kappa shape index (κ2) is 4.24. The monoisotopic (exact) mass is 263 g/mol. The summed E-state index contributed by atoms with van der Waals surface area (Å²) >= 11 is 0. The molecule has 18 heavy (non-hydrogen) atoms. The zero-order chi connectivity index (χ0) is 14.3. The van der Waals surface area contributed by atoms with Crippen LogP contribution in [0.25, 0.3) is 0 Å². The summed E-state index contributed by atoms with van der Waals surface area (Å²) in [7, 11) is 0. The molecule has 0 saturated carbocycles. The summed E-state index contributed by atoms with van der Waals surface area (Å²) in [6.07, 6.45) is -4.85. The van der Waals surface area contributed by atoms with Crippen molar-refractivity contribution < 1.29 is 23.2 Å². The van der Waals surface area contributed by atoms with Crippen LogP contribution in [0, 0.1) is 24.0 Å². The Hall–Kier alpha value is -1.63. The van der Waals surface area contributed by atoms with E-state index in [0.29, 0.717) is 6.92 Å². The third kappa shape index (κ3) is 2.31. The molecular weight excluding hydrogens is 251 g/mol. The number of hydrogen-bond acceptors (Lipinski definition) is 3. The van der Waals surface area contributed by atoms with E-state index in [9.17, 15) is 28.4 Å². The van der Waals surface area contributed by atoms with Gasteiger partial charge >= 0.3 is 6.18 Å². The molecule has 4 nitrogen and oxygen atoms in total. The highest BCUT2D eigenvalue weighted by Crippen LogP contribution is 2.40. The number of aryl methyl sites for hydroxylation is 2. The van der Waals surface area contributed by atoms with Gasteiger partial charge in [0.1, 0.15) is 0 Å². The van der Waals surface area contributed by atoms with Crippen LogP contribution < -0.4 is 0 Å². The zero-order valence-corrected chi connectivity index (χ0v) is 10.00. The average molecular weight is 263 g/mol. The Bertz CT molecular complexity index is 472. The fraction of sp³-hybridized carbons (Fsp3) is 0.455. The second-order valence-corrected chi connectivity index (χ2v) is 4.29. The number of rotatable bonds is 2. The Labute approximate surface area is 101 Å². The first-order chi connectivity index (χ1) is 7.98. The molecule has 0 spiro atoms. The number of alkyl halides is 3. The fourth-order valence-corrected chi connectivity index (χ4v) is 1.69. The van der Waals surface area contributed by atoms with E-state index in [4.69, 9.17) is 0 Å². The predicted octanol–water partition coefficient (Wildman–Crippen LogP) is 2.98. The van der Waals surface area contributed by atoms with Gasteiger partial charge in [0.15, 0.2) is 5.60 Å². The van der Waals surface area contributed by atoms with Crippen molar-refractivity contribution in [3.8, 4) is 0 Å². The summed E-state index contributed by atoms with van der Waals surface area (Å²) in [5.74, 6) is 0. The molecule has 0 aliphatic carbocycles. The highest BCUT2D eigenvalue weighted by molar-refractivity contribution is 5.50. The van der Waals surface area contributed by atoms with E-state index in [-0.39, 0.29) is 16.8 Å². The van der Waals surface area contributed by atoms with Crippen molar-refractivity contribution in [3.05, 3.63) is 38.9 Å². The van der Waals surface area contributed by atoms with Crippen molar-refractivity contribution in [1.29, 1.82) is 0 Å². The number of nitro groups is 1. The predicted molar refractivity (Wildman–Crippen MR) is 58.2 cm³/mol. The third-order valence-electron chi connectivity index (χ3n) is 2.79. The standard InChI is InChI=1S/C11H12F3NO3/c1-6-4-8(10(3,16)11(12,13)14)5-7(2)9(6)15(17)18/h4-5,16H,1-3H3. The minimum Gasteiger partial charge on any atom is -0.376 e. The first-order valence-corrected chi connectivity index (χ1v) is 5.03. The summed E-state index contributed by atoms with van der Waals surface area (Å²) in [6.45, 7) is 3.29. The van der Waals surface area contributed by atoms with Gasteiger partial charge in [-0.1, -0.05) is 0 Å². The number of nitrogens with zero attached hydrogens (tertiary/aromatic N) is 1. The minimum absolute atomic E-state index is 0.0829. The van der Waals surface area contributed by atoms with E-state index in [1.807, 2.05) is 0 Å². The van der Waals surface area contributed by atoms with E-state index in [2.05, 4.69) is 0 Å². The van der Waals surface area contributed by atoms with Gasteiger partial charge < -0.3 is 5.11 Å². The average Bonchev–Trinajstić information content (AvgIpc) is 2.13. The molecular formula is C11H12F3NO3. The molecule has 0 aromatic heterocycles. The summed E-state index contributed by atoms with van der Waals surface area (Å²) in [5.41, 5.74) is -3.51. The van der Waals surface area contributed by atoms with Gasteiger partial charge in [0.2, 0.25) is 0 Å². The van der Waals surface area contributed by atoms with E-state index < -0.39 is 22.3 Å². The Morgan fingerprint density at radius 1 is 1.22 bits per heavy atom. The molecule has 1 rings (SSSR count). The lowest BCUT2D eigenvalue weighted by Gasteiger charge is -2.27. The summed E-state index contributed by atoms with van der Waals surface area (Å²) in [6, 6.07) is 1.97. The first-order valence-electron chi connectivity index (χ1n) is 5.03. The summed E-state index contributed by atoms with van der Waals surface area (Å²) in [5, 5.41) is 20.2. The smallest absolute Gasteiger partial charge is 0.376 e. The molecule has 1 N–H and O–H groups in total. The maximum atomic E-state index is 12.7. The van der Waals surface area contributed by atoms with E-state index >= 15 is 0 Å². The lowest BCUT2D eigenvalue weighted by atomic mass is 9.91. The zero-order valence-electron chi connectivity index (χ0n) is 10.00. The van der Waals surface area contributed by atoms with E-state index in [1.54, 1.807) is 0 Å². The van der Waals surface area contributed by atoms with Gasteiger partial charge in [-0.25, -0.2) is 0 Å². The largest absolute Gasteiger partial charge is 0.421 e. The highest BCUT2D eigenvalue weighted by Gasteiger charge is 2.51. The van der Waals surface area contributed by atoms with Gasteiger partial charge in [-0.15, -0.1) is 0 Å². The minimum atomic E-state index is -4.85. The lowest BCUT2D eigenvalue weighted by molar-refractivity contribution is -0.386. The van der Waals surface area contributed by atoms with Crippen LogP contribution in [0.15, 0.2) is 12.1 Å². The van der Waals surface area contributed by atoms with Gasteiger partial charge in [-0.2, -0.15) is 13.2 Å². The molecule has 0 bridgehead atoms. The number of benzene rings is 1. The van der Waals surface area contributed by atoms with Crippen LogP contribution in [-0.4, -0.2) is 16.2 Å². The summed E-state index contributed by atoms with van der Waals surface area (Å²) < 4.78 is 38.0. The van der Waals surface area contributed by atoms with Gasteiger partial charge in [0, 0.05) is 11.1 Å². The van der Waals surface area contributed by atoms with Crippen LogP contribution in [-0.2, 0) is 5.60 Å². The quantitative estimate of drug-likeness (QED) is 0.659. The van der Waals surface area contributed by atoms with E-state index in [1.165, 1.54) is 13.8 Å². The van der Waals surface area contributed by atoms with E-state index in [0.717, 1.165) is 12.1 Å². The SMILES string of the molecule is Cc1cc(C(C)(O)C(F)(F)F)cc(C)c1[N+](=O)[O-]. The summed E-state index contributed by atoms with van der Waals surface area (Å²) in [4.78, 5) is 10.1. The lowest BCUT2D eigenvalue weighted by Crippen LogP contribution is -2.39. The Balaban J connectivity index is 3.44. The highest BCUT2D eigenvalue weighted by atomic mass is 19.4. The molecule has 0 aliphatic heterocycles. The van der Waals surface area contributed by atoms with Crippen LogP contribution in [0.4, 0.5) is 18.9 Å². The van der Waals surface area contributed by atoms with Crippen LogP contribution in [0.3, 0.4) is 0 Å². The molecule has 1 aromatic carbocycles. The van der Waals surface area contributed by atoms with Crippen molar-refractivity contribution in [2.24, 2.45) is 0 Å². The van der Waals surface area contributed by atoms with Crippen LogP contribution >= 0.6 is 0 Å². The van der Waals surface area contributed by atoms with Gasteiger partial charge in [-0.3, -0.25) is 10.1 Å². The number of hydrogen-bond donors (Lipinski definition) is 1. The van der Waals surface area contributed by atoms with Gasteiger partial charge in [0.05, 0.1) is 4.92 Å². The maximum Gasteiger partial charge on any atom is 0.421 e. The molecule has 100 valence electrons. The Morgan fingerprint density at radius 3 is 1.89 bits per heavy atom. The third-order valence-corrected chi connectivity index (χ3v) is 2.79. The Kier molecular flexibility index (Phi) is 3.40. The normalized spacial score (nSPS) is 15.3. The molecule has 7 heteroatoms. The molecule has 0 heterocycles. The van der Waals surface area contributed by atoms with Crippen LogP contribution in [0.2, 0.25) is 0 Å². The van der Waals surface area contributed by atoms with Crippen molar-refractivity contribution in [2.45, 2.75) is 32.5 Å². The number of aliphatic hydroxyl groups is 1. The molecule has 1 atom stereocenters. The van der Waals surface area contributed by atoms with Crippen molar-refractivity contribution in [2.75, 3.05) is 0 Å². The Morgan fingerprint density at radius 2 is 1.61 bits per heavy atom. The first kappa shape index (κ1) is 14.4. The van der Waals surface area contributed by atoms with Gasteiger partial charge in [-0.05, 0) is 38.5 Å². The molecule has 0 fully saturated rings. The fourth-order valence-electron chi connectivity index (χ4n) is 1.69. The number of halogens is 3. The van der Waals surface area contributed by atoms with Crippen molar-refractivity contribution in [3.63, 3.8) is 0 Å². The topological polar surface area (TPSA) is 63.4 Å². The molecule has 1 unspecified atom stereocenters. The molecule has 0 radical (unpaired) electrons. The van der Waals surface area contributed by atoms with Crippen molar-refractivity contribution >= 4 is 5.69 Å². The molecule has 1 aromatic rings. The van der Waals surface area contributed by atoms with Crippen LogP contribution in [0.5, 0.6) is 0 Å². The van der Waals surface area contributed by atoms with Crippen molar-refractivity contribution in [1.82, 2.24) is 0 Å². The molecule has 0 saturated heterocycles. The molecule has 0 amide bonds. The number of nitro benzene ring substituents is 1. The van der Waals surface area contributed by atoms with Gasteiger partial charge in [0.25, 0.3) is 5.69 Å². The second-order valence-electron chi connectivity index (χ2n) is 4.29. The van der Waals surface area contributed by atoms with Crippen LogP contribution in [0.1, 0.15) is 23.6 Å². The maximum absolute atomic E-state index is 12.7.